The SMILES string of the molecule is O=C([O-])CC(O)(CC(=O)[O-])C(=O)[O-].O=C([O-])CC(O)(CC(=O)[O-])C(=O)[O-].[Co+2].[W]. The van der Waals surface area contributed by atoms with E-state index in [1.807, 2.05) is 0 Å². The van der Waals surface area contributed by atoms with Crippen LogP contribution >= 0.6 is 0 Å². The quantitative estimate of drug-likeness (QED) is 0.229. The molecular formula is C12H10CoO14W-4. The van der Waals surface area contributed by atoms with E-state index in [1.54, 1.807) is 0 Å². The second-order valence-corrected chi connectivity index (χ2v) is 4.83. The first-order valence-electron chi connectivity index (χ1n) is 6.23. The van der Waals surface area contributed by atoms with Crippen molar-refractivity contribution in [2.24, 2.45) is 0 Å². The van der Waals surface area contributed by atoms with E-state index in [1.165, 1.54) is 0 Å². The summed E-state index contributed by atoms with van der Waals surface area (Å²) in [5.74, 6) is -12.0. The van der Waals surface area contributed by atoms with Crippen LogP contribution in [0.1, 0.15) is 25.7 Å². The van der Waals surface area contributed by atoms with Gasteiger partial charge in [0.2, 0.25) is 0 Å². The Labute approximate surface area is 180 Å². The van der Waals surface area contributed by atoms with Gasteiger partial charge in [-0.1, -0.05) is 0 Å². The van der Waals surface area contributed by atoms with Gasteiger partial charge >= 0.3 is 16.8 Å². The van der Waals surface area contributed by atoms with Gasteiger partial charge in [-0.05, 0) is 0 Å². The first-order chi connectivity index (χ1) is 11.6. The number of carboxylic acid groups (broad SMARTS) is 6. The van der Waals surface area contributed by atoms with Gasteiger partial charge in [-0.3, -0.25) is 0 Å². The molecule has 14 nitrogen and oxygen atoms in total. The molecule has 0 unspecified atom stereocenters. The number of aliphatic hydroxyl groups is 2. The van der Waals surface area contributed by atoms with E-state index in [4.69, 9.17) is 10.2 Å². The van der Waals surface area contributed by atoms with Crippen molar-refractivity contribution in [3.63, 3.8) is 0 Å². The number of aliphatic carboxylic acids is 6. The molecule has 0 rings (SSSR count). The molecule has 0 heterocycles. The molecule has 0 aromatic carbocycles. The zero-order chi connectivity index (χ0) is 21.3. The summed E-state index contributed by atoms with van der Waals surface area (Å²) in [5, 5.41) is 77.9. The minimum absolute atomic E-state index is 0. The van der Waals surface area contributed by atoms with Crippen LogP contribution < -0.4 is 30.6 Å². The second kappa shape index (κ2) is 14.0. The third-order valence-corrected chi connectivity index (χ3v) is 2.51. The summed E-state index contributed by atoms with van der Waals surface area (Å²) in [4.78, 5) is 60.0. The molecule has 0 saturated heterocycles. The second-order valence-electron chi connectivity index (χ2n) is 4.83. The zero-order valence-electron chi connectivity index (χ0n) is 13.4. The van der Waals surface area contributed by atoms with Gasteiger partial charge in [0.25, 0.3) is 0 Å². The smallest absolute Gasteiger partial charge is 0.550 e. The van der Waals surface area contributed by atoms with Crippen molar-refractivity contribution in [3.8, 4) is 0 Å². The normalized spacial score (nSPS) is 10.1. The summed E-state index contributed by atoms with van der Waals surface area (Å²) in [6, 6.07) is 0. The average molecular weight is 621 g/mol. The maximum absolute atomic E-state index is 10.1. The van der Waals surface area contributed by atoms with Crippen molar-refractivity contribution in [1.29, 1.82) is 0 Å². The number of hydrogen-bond donors (Lipinski definition) is 2. The molecule has 0 atom stereocenters. The predicted octanol–water partition coefficient (Wildman–Crippen LogP) is -10.5. The molecule has 0 aromatic heterocycles. The molecular weight excluding hydrogens is 611 g/mol. The molecule has 0 amide bonds. The number of hydrogen-bond acceptors (Lipinski definition) is 14. The van der Waals surface area contributed by atoms with Crippen molar-refractivity contribution in [2.45, 2.75) is 36.9 Å². The Morgan fingerprint density at radius 2 is 0.679 bits per heavy atom. The van der Waals surface area contributed by atoms with Crippen LogP contribution in [-0.4, -0.2) is 57.2 Å². The average Bonchev–Trinajstić information content (AvgIpc) is 2.34. The summed E-state index contributed by atoms with van der Waals surface area (Å²) in [5.41, 5.74) is -5.95. The Morgan fingerprint density at radius 3 is 0.750 bits per heavy atom. The van der Waals surface area contributed by atoms with E-state index in [9.17, 15) is 59.4 Å². The van der Waals surface area contributed by atoms with Crippen LogP contribution in [0.4, 0.5) is 0 Å². The molecule has 0 spiro atoms. The van der Waals surface area contributed by atoms with Gasteiger partial charge in [0, 0.05) is 70.6 Å². The molecule has 0 saturated carbocycles. The Kier molecular flexibility index (Phi) is 16.8. The summed E-state index contributed by atoms with van der Waals surface area (Å²) >= 11 is 0. The van der Waals surface area contributed by atoms with E-state index < -0.39 is 72.7 Å². The minimum Gasteiger partial charge on any atom is -0.550 e. The van der Waals surface area contributed by atoms with Crippen LogP contribution in [0.15, 0.2) is 0 Å². The van der Waals surface area contributed by atoms with Gasteiger partial charge < -0.3 is 69.6 Å². The van der Waals surface area contributed by atoms with Gasteiger partial charge in [0.05, 0.1) is 11.9 Å². The molecule has 0 aliphatic carbocycles. The molecule has 161 valence electrons. The largest absolute Gasteiger partial charge is 2.00 e. The number of carbonyl (C=O) groups excluding carboxylic acids is 6. The first-order valence-corrected chi connectivity index (χ1v) is 6.23. The van der Waals surface area contributed by atoms with E-state index in [0.717, 1.165) is 0 Å². The molecule has 2 N–H and O–H groups in total. The third-order valence-electron chi connectivity index (χ3n) is 2.51. The van der Waals surface area contributed by atoms with Crippen LogP contribution in [0.5, 0.6) is 0 Å². The van der Waals surface area contributed by atoms with E-state index >= 15 is 0 Å². The van der Waals surface area contributed by atoms with E-state index in [2.05, 4.69) is 0 Å². The molecule has 16 heteroatoms. The number of carboxylic acids is 6. The van der Waals surface area contributed by atoms with Crippen molar-refractivity contribution >= 4 is 35.8 Å². The van der Waals surface area contributed by atoms with Crippen molar-refractivity contribution < 1.29 is 107 Å². The summed E-state index contributed by atoms with van der Waals surface area (Å²) in [7, 11) is 0. The number of carbonyl (C=O) groups is 6. The van der Waals surface area contributed by atoms with Crippen LogP contribution in [0.25, 0.3) is 0 Å². The monoisotopic (exact) mass is 621 g/mol. The van der Waals surface area contributed by atoms with Crippen LogP contribution in [0, 0.1) is 0 Å². The van der Waals surface area contributed by atoms with Crippen LogP contribution in [-0.2, 0) is 66.6 Å². The maximum Gasteiger partial charge on any atom is 2.00 e. The van der Waals surface area contributed by atoms with Crippen molar-refractivity contribution in [2.75, 3.05) is 0 Å². The Balaban J connectivity index is -0.000000192. The summed E-state index contributed by atoms with van der Waals surface area (Å²) in [6.45, 7) is 0. The Bertz CT molecular complexity index is 519. The molecule has 28 heavy (non-hydrogen) atoms. The predicted molar refractivity (Wildman–Crippen MR) is 58.4 cm³/mol. The van der Waals surface area contributed by atoms with Crippen molar-refractivity contribution in [1.82, 2.24) is 0 Å². The number of rotatable bonds is 10. The molecule has 1 radical (unpaired) electrons. The molecule has 0 fully saturated rings. The summed E-state index contributed by atoms with van der Waals surface area (Å²) < 4.78 is 0. The Hall–Kier alpha value is -2.07. The van der Waals surface area contributed by atoms with Gasteiger partial charge in [0.15, 0.2) is 0 Å². The summed E-state index contributed by atoms with van der Waals surface area (Å²) in [6.07, 6.45) is -5.43. The fourth-order valence-electron chi connectivity index (χ4n) is 1.37. The van der Waals surface area contributed by atoms with Gasteiger partial charge in [0.1, 0.15) is 11.2 Å². The topological polar surface area (TPSA) is 281 Å². The third kappa shape index (κ3) is 14.0. The molecule has 0 aliphatic rings. The van der Waals surface area contributed by atoms with Crippen LogP contribution in [0.3, 0.4) is 0 Å². The fourth-order valence-corrected chi connectivity index (χ4v) is 1.37. The molecule has 0 bridgehead atoms. The van der Waals surface area contributed by atoms with E-state index in [0.29, 0.717) is 0 Å². The maximum atomic E-state index is 10.1. The zero-order valence-corrected chi connectivity index (χ0v) is 17.3. The standard InChI is InChI=1S/2C6H8O7.Co.W/c2*7-3(8)1-6(13,5(11)12)2-4(9)10;;/h2*13H,1-2H2,(H,7,8)(H,9,10)(H,11,12);;/q;;+2;/p-6. The molecule has 0 aliphatic heterocycles. The first kappa shape index (κ1) is 33.5. The minimum atomic E-state index is -2.97. The van der Waals surface area contributed by atoms with Gasteiger partial charge in [-0.2, -0.15) is 0 Å². The Morgan fingerprint density at radius 1 is 0.536 bits per heavy atom. The van der Waals surface area contributed by atoms with Crippen LogP contribution in [0.2, 0.25) is 0 Å². The van der Waals surface area contributed by atoms with Gasteiger partial charge in [-0.25, -0.2) is 0 Å². The van der Waals surface area contributed by atoms with Crippen molar-refractivity contribution in [3.05, 3.63) is 0 Å². The molecule has 0 aromatic rings. The van der Waals surface area contributed by atoms with Gasteiger partial charge in [-0.15, -0.1) is 0 Å². The fraction of sp³-hybridized carbons (Fsp3) is 0.500. The van der Waals surface area contributed by atoms with E-state index in [-0.39, 0.29) is 37.8 Å².